The number of allylic oxidation sites excluding steroid dienone is 1. The number of hydrogen-bond acceptors (Lipinski definition) is 1. The maximum Gasteiger partial charge on any atom is 0.335 e. The molecule has 12 heavy (non-hydrogen) atoms. The highest BCUT2D eigenvalue weighted by Crippen LogP contribution is 2.04. The summed E-state index contributed by atoms with van der Waals surface area (Å²) in [5.41, 5.74) is 1.40. The van der Waals surface area contributed by atoms with Gasteiger partial charge in [0.1, 0.15) is 0 Å². The fraction of sp³-hybridized carbons (Fsp3) is 0.100. The Morgan fingerprint density at radius 3 is 2.42 bits per heavy atom. The van der Waals surface area contributed by atoms with Crippen molar-refractivity contribution in [2.45, 2.75) is 6.42 Å². The summed E-state index contributed by atoms with van der Waals surface area (Å²) in [6.07, 6.45) is 2.57. The van der Waals surface area contributed by atoms with Gasteiger partial charge in [-0.3, -0.25) is 0 Å². The van der Waals surface area contributed by atoms with Gasteiger partial charge in [-0.2, -0.15) is 0 Å². The largest absolute Gasteiger partial charge is 0.478 e. The van der Waals surface area contributed by atoms with Gasteiger partial charge in [0.05, 0.1) is 5.56 Å². The molecular weight excluding hydrogens is 152 g/mol. The zero-order valence-corrected chi connectivity index (χ0v) is 6.66. The Hall–Kier alpha value is -1.57. The summed E-state index contributed by atoms with van der Waals surface area (Å²) < 4.78 is 0. The van der Waals surface area contributed by atoms with E-state index in [-0.39, 0.29) is 0 Å². The minimum Gasteiger partial charge on any atom is -0.478 e. The molecule has 0 spiro atoms. The van der Waals surface area contributed by atoms with Crippen molar-refractivity contribution in [2.24, 2.45) is 0 Å². The van der Waals surface area contributed by atoms with Crippen molar-refractivity contribution in [3.05, 3.63) is 48.0 Å². The van der Waals surface area contributed by atoms with E-state index in [0.29, 0.717) is 5.56 Å². The van der Waals surface area contributed by atoms with E-state index in [0.717, 1.165) is 12.0 Å². The zero-order valence-electron chi connectivity index (χ0n) is 6.66. The first-order valence-electron chi connectivity index (χ1n) is 3.67. The van der Waals surface area contributed by atoms with Crippen molar-refractivity contribution in [1.29, 1.82) is 0 Å². The lowest BCUT2D eigenvalue weighted by Crippen LogP contribution is -1.95. The molecule has 0 radical (unpaired) electrons. The van der Waals surface area contributed by atoms with Crippen LogP contribution in [0.4, 0.5) is 0 Å². The molecule has 2 nitrogen and oxygen atoms in total. The van der Waals surface area contributed by atoms with Crippen molar-refractivity contribution >= 4 is 5.97 Å². The Morgan fingerprint density at radius 2 is 2.00 bits per heavy atom. The fourth-order valence-electron chi connectivity index (χ4n) is 0.950. The van der Waals surface area contributed by atoms with Crippen LogP contribution >= 0.6 is 0 Å². The molecule has 62 valence electrons. The zero-order chi connectivity index (χ0) is 8.97. The van der Waals surface area contributed by atoms with Crippen molar-refractivity contribution < 1.29 is 9.90 Å². The molecule has 1 aromatic rings. The summed E-state index contributed by atoms with van der Waals surface area (Å²) >= 11 is 0. The maximum atomic E-state index is 10.4. The minimum atomic E-state index is -0.889. The van der Waals surface area contributed by atoms with Gasteiger partial charge >= 0.3 is 5.97 Å². The molecule has 0 atom stereocenters. The Morgan fingerprint density at radius 1 is 1.42 bits per heavy atom. The van der Waals surface area contributed by atoms with Crippen LogP contribution in [0.25, 0.3) is 0 Å². The molecule has 2 heteroatoms. The third kappa shape index (κ3) is 1.95. The first kappa shape index (κ1) is 8.53. The van der Waals surface area contributed by atoms with Gasteiger partial charge in [0, 0.05) is 0 Å². The summed E-state index contributed by atoms with van der Waals surface area (Å²) in [6, 6.07) is 6.79. The van der Waals surface area contributed by atoms with Crippen molar-refractivity contribution in [1.82, 2.24) is 0 Å². The van der Waals surface area contributed by atoms with Crippen LogP contribution in [0.1, 0.15) is 15.9 Å². The number of carboxylic acids is 1. The monoisotopic (exact) mass is 162 g/mol. The molecule has 1 aromatic carbocycles. The lowest BCUT2D eigenvalue weighted by Gasteiger charge is -1.96. The average molecular weight is 162 g/mol. The van der Waals surface area contributed by atoms with E-state index in [4.69, 9.17) is 5.11 Å². The Labute approximate surface area is 71.2 Å². The van der Waals surface area contributed by atoms with E-state index in [1.54, 1.807) is 30.3 Å². The normalized spacial score (nSPS) is 9.33. The number of aromatic carboxylic acids is 1. The standard InChI is InChI=1S/C10H10O2/c1-2-3-8-4-6-9(7-5-8)10(11)12/h2,4-7H,1,3H2,(H,11,12). The van der Waals surface area contributed by atoms with Crippen LogP contribution in [0.15, 0.2) is 36.9 Å². The predicted octanol–water partition coefficient (Wildman–Crippen LogP) is 2.11. The molecule has 0 fully saturated rings. The minimum absolute atomic E-state index is 0.322. The van der Waals surface area contributed by atoms with Gasteiger partial charge in [0.25, 0.3) is 0 Å². The van der Waals surface area contributed by atoms with Crippen LogP contribution in [0.2, 0.25) is 0 Å². The molecule has 1 rings (SSSR count). The highest BCUT2D eigenvalue weighted by atomic mass is 16.4. The van der Waals surface area contributed by atoms with Crippen LogP contribution in [0.5, 0.6) is 0 Å². The SMILES string of the molecule is C=CCc1ccc(C(=O)O)cc1. The molecule has 0 saturated carbocycles. The molecule has 0 saturated heterocycles. The number of benzene rings is 1. The molecule has 0 bridgehead atoms. The quantitative estimate of drug-likeness (QED) is 0.691. The van der Waals surface area contributed by atoms with Gasteiger partial charge < -0.3 is 5.11 Å². The van der Waals surface area contributed by atoms with Crippen LogP contribution in [-0.4, -0.2) is 11.1 Å². The smallest absolute Gasteiger partial charge is 0.335 e. The molecule has 0 aromatic heterocycles. The molecule has 0 aliphatic rings. The number of hydrogen-bond donors (Lipinski definition) is 1. The van der Waals surface area contributed by atoms with Gasteiger partial charge in [-0.25, -0.2) is 4.79 Å². The summed E-state index contributed by atoms with van der Waals surface area (Å²) in [7, 11) is 0. The molecule has 0 unspecified atom stereocenters. The van der Waals surface area contributed by atoms with E-state index in [1.807, 2.05) is 0 Å². The first-order chi connectivity index (χ1) is 5.74. The predicted molar refractivity (Wildman–Crippen MR) is 47.3 cm³/mol. The van der Waals surface area contributed by atoms with E-state index in [9.17, 15) is 4.79 Å². The van der Waals surface area contributed by atoms with E-state index in [2.05, 4.69) is 6.58 Å². The fourth-order valence-corrected chi connectivity index (χ4v) is 0.950. The van der Waals surface area contributed by atoms with E-state index in [1.165, 1.54) is 0 Å². The third-order valence-corrected chi connectivity index (χ3v) is 1.58. The van der Waals surface area contributed by atoms with Crippen molar-refractivity contribution in [2.75, 3.05) is 0 Å². The molecule has 0 amide bonds. The second-order valence-electron chi connectivity index (χ2n) is 2.49. The van der Waals surface area contributed by atoms with Crippen LogP contribution in [0.3, 0.4) is 0 Å². The summed E-state index contributed by atoms with van der Waals surface area (Å²) in [5.74, 6) is -0.889. The Bertz CT molecular complexity index is 285. The second-order valence-corrected chi connectivity index (χ2v) is 2.49. The Balaban J connectivity index is 2.85. The van der Waals surface area contributed by atoms with Gasteiger partial charge in [0.15, 0.2) is 0 Å². The van der Waals surface area contributed by atoms with Crippen molar-refractivity contribution in [3.8, 4) is 0 Å². The number of rotatable bonds is 3. The van der Waals surface area contributed by atoms with Crippen LogP contribution < -0.4 is 0 Å². The maximum absolute atomic E-state index is 10.4. The van der Waals surface area contributed by atoms with Gasteiger partial charge in [-0.1, -0.05) is 18.2 Å². The van der Waals surface area contributed by atoms with Gasteiger partial charge in [-0.15, -0.1) is 6.58 Å². The summed E-state index contributed by atoms with van der Waals surface area (Å²) in [4.78, 5) is 10.4. The van der Waals surface area contributed by atoms with E-state index >= 15 is 0 Å². The molecular formula is C10H10O2. The molecule has 1 N–H and O–H groups in total. The van der Waals surface area contributed by atoms with Crippen LogP contribution in [-0.2, 0) is 6.42 Å². The van der Waals surface area contributed by atoms with Gasteiger partial charge in [0.2, 0.25) is 0 Å². The highest BCUT2D eigenvalue weighted by Gasteiger charge is 1.99. The third-order valence-electron chi connectivity index (χ3n) is 1.58. The first-order valence-corrected chi connectivity index (χ1v) is 3.67. The Kier molecular flexibility index (Phi) is 2.64. The van der Waals surface area contributed by atoms with Crippen LogP contribution in [0, 0.1) is 0 Å². The topological polar surface area (TPSA) is 37.3 Å². The lowest BCUT2D eigenvalue weighted by molar-refractivity contribution is 0.0697. The van der Waals surface area contributed by atoms with Gasteiger partial charge in [-0.05, 0) is 24.1 Å². The number of carbonyl (C=O) groups is 1. The molecule has 0 aliphatic heterocycles. The average Bonchev–Trinajstić information content (AvgIpc) is 2.06. The summed E-state index contributed by atoms with van der Waals surface area (Å²) in [6.45, 7) is 3.60. The molecule has 0 aliphatic carbocycles. The second kappa shape index (κ2) is 3.72. The van der Waals surface area contributed by atoms with E-state index < -0.39 is 5.97 Å². The number of carboxylic acid groups (broad SMARTS) is 1. The highest BCUT2D eigenvalue weighted by molar-refractivity contribution is 5.87. The van der Waals surface area contributed by atoms with Crippen molar-refractivity contribution in [3.63, 3.8) is 0 Å². The molecule has 0 heterocycles. The summed E-state index contributed by atoms with van der Waals surface area (Å²) in [5, 5.41) is 8.59. The lowest BCUT2D eigenvalue weighted by atomic mass is 10.1.